The monoisotopic (exact) mass is 291 g/mol. The molecule has 0 spiro atoms. The van der Waals surface area contributed by atoms with Crippen LogP contribution in [0.3, 0.4) is 0 Å². The molecule has 0 unspecified atom stereocenters. The van der Waals surface area contributed by atoms with Gasteiger partial charge in [-0.3, -0.25) is 9.59 Å². The maximum atomic E-state index is 14.2. The Morgan fingerprint density at radius 2 is 2.05 bits per heavy atom. The van der Waals surface area contributed by atoms with Crippen molar-refractivity contribution in [1.82, 2.24) is 4.90 Å². The zero-order valence-corrected chi connectivity index (χ0v) is 11.9. The summed E-state index contributed by atoms with van der Waals surface area (Å²) in [5, 5.41) is 8.79. The maximum Gasteiger partial charge on any atom is 0.323 e. The Hall–Kier alpha value is -1.91. The van der Waals surface area contributed by atoms with E-state index < -0.39 is 11.6 Å². The molecular formula is C16H18FNO3. The number of aliphatic carboxylic acids is 1. The fourth-order valence-electron chi connectivity index (χ4n) is 2.65. The van der Waals surface area contributed by atoms with Crippen molar-refractivity contribution in [3.05, 3.63) is 34.9 Å². The molecule has 1 N–H and O–H groups in total. The van der Waals surface area contributed by atoms with Gasteiger partial charge in [-0.25, -0.2) is 4.39 Å². The minimum atomic E-state index is -1.21. The van der Waals surface area contributed by atoms with E-state index >= 15 is 0 Å². The molecule has 0 bridgehead atoms. The van der Waals surface area contributed by atoms with E-state index in [2.05, 4.69) is 0 Å². The number of rotatable bonds is 5. The first kappa shape index (κ1) is 14.0. The Morgan fingerprint density at radius 3 is 2.57 bits per heavy atom. The zero-order chi connectivity index (χ0) is 15.2. The van der Waals surface area contributed by atoms with E-state index in [4.69, 9.17) is 5.11 Å². The Balaban J connectivity index is 1.90. The molecular weight excluding hydrogens is 273 g/mol. The van der Waals surface area contributed by atoms with Crippen molar-refractivity contribution < 1.29 is 19.1 Å². The van der Waals surface area contributed by atoms with Gasteiger partial charge in [0.1, 0.15) is 12.2 Å². The second-order valence-electron chi connectivity index (χ2n) is 6.10. The molecule has 0 aromatic heterocycles. The molecule has 0 heterocycles. The van der Waals surface area contributed by atoms with E-state index in [9.17, 15) is 14.0 Å². The van der Waals surface area contributed by atoms with Crippen molar-refractivity contribution in [2.75, 3.05) is 13.6 Å². The van der Waals surface area contributed by atoms with Gasteiger partial charge in [-0.15, -0.1) is 0 Å². The highest BCUT2D eigenvalue weighted by atomic mass is 19.1. The molecule has 112 valence electrons. The number of carbonyl (C=O) groups is 2. The van der Waals surface area contributed by atoms with Gasteiger partial charge in [0.15, 0.2) is 0 Å². The van der Waals surface area contributed by atoms with E-state index in [1.807, 2.05) is 6.07 Å². The van der Waals surface area contributed by atoms with Crippen molar-refractivity contribution in [3.8, 4) is 0 Å². The van der Waals surface area contributed by atoms with E-state index in [0.717, 1.165) is 18.4 Å². The smallest absolute Gasteiger partial charge is 0.323 e. The summed E-state index contributed by atoms with van der Waals surface area (Å²) in [5.41, 5.74) is 0.827. The first-order valence-electron chi connectivity index (χ1n) is 7.21. The van der Waals surface area contributed by atoms with Crippen LogP contribution >= 0.6 is 0 Å². The van der Waals surface area contributed by atoms with Gasteiger partial charge in [-0.1, -0.05) is 12.1 Å². The van der Waals surface area contributed by atoms with Gasteiger partial charge in [0, 0.05) is 12.6 Å². The molecule has 3 rings (SSSR count). The number of carboxylic acid groups (broad SMARTS) is 1. The number of halogens is 1. The predicted octanol–water partition coefficient (Wildman–Crippen LogP) is 2.68. The Bertz CT molecular complexity index is 606. The highest BCUT2D eigenvalue weighted by Gasteiger charge is 2.45. The number of carbonyl (C=O) groups excluding carboxylic acids is 1. The van der Waals surface area contributed by atoms with Crippen LogP contribution in [0, 0.1) is 0 Å². The molecule has 2 aliphatic rings. The second-order valence-corrected chi connectivity index (χ2v) is 6.10. The van der Waals surface area contributed by atoms with Gasteiger partial charge >= 0.3 is 5.97 Å². The van der Waals surface area contributed by atoms with E-state index in [1.165, 1.54) is 11.9 Å². The third-order valence-electron chi connectivity index (χ3n) is 4.22. The number of nitrogens with zero attached hydrogens (tertiary/aromatic N) is 1. The topological polar surface area (TPSA) is 57.6 Å². The van der Waals surface area contributed by atoms with Crippen LogP contribution in [-0.2, 0) is 10.5 Å². The third kappa shape index (κ3) is 2.77. The summed E-state index contributed by atoms with van der Waals surface area (Å²) in [4.78, 5) is 24.3. The van der Waals surface area contributed by atoms with Gasteiger partial charge < -0.3 is 10.0 Å². The van der Waals surface area contributed by atoms with Crippen molar-refractivity contribution in [2.45, 2.75) is 37.3 Å². The minimum absolute atomic E-state index is 0.310. The first-order valence-corrected chi connectivity index (χ1v) is 7.21. The first-order chi connectivity index (χ1) is 9.90. The number of hydrogen-bond acceptors (Lipinski definition) is 2. The molecule has 5 heteroatoms. The van der Waals surface area contributed by atoms with Crippen LogP contribution in [0.4, 0.5) is 4.39 Å². The van der Waals surface area contributed by atoms with Crippen LogP contribution in [0.25, 0.3) is 0 Å². The maximum absolute atomic E-state index is 14.2. The van der Waals surface area contributed by atoms with E-state index in [1.54, 1.807) is 12.1 Å². The summed E-state index contributed by atoms with van der Waals surface area (Å²) in [6, 6.07) is 5.14. The molecule has 21 heavy (non-hydrogen) atoms. The van der Waals surface area contributed by atoms with Crippen LogP contribution in [0.2, 0.25) is 0 Å². The lowest BCUT2D eigenvalue weighted by atomic mass is 9.96. The van der Waals surface area contributed by atoms with Crippen molar-refractivity contribution >= 4 is 11.9 Å². The highest BCUT2D eigenvalue weighted by molar-refractivity contribution is 5.97. The Morgan fingerprint density at radius 1 is 1.38 bits per heavy atom. The normalized spacial score (nSPS) is 19.1. The quantitative estimate of drug-likeness (QED) is 0.907. The molecule has 0 radical (unpaired) electrons. The van der Waals surface area contributed by atoms with Crippen LogP contribution < -0.4 is 0 Å². The molecule has 2 aliphatic carbocycles. The van der Waals surface area contributed by atoms with Gasteiger partial charge in [-0.05, 0) is 48.8 Å². The van der Waals surface area contributed by atoms with Gasteiger partial charge in [0.25, 0.3) is 5.91 Å². The summed E-state index contributed by atoms with van der Waals surface area (Å²) in [6.07, 6.45) is 3.10. The van der Waals surface area contributed by atoms with Gasteiger partial charge in [-0.2, -0.15) is 0 Å². The number of alkyl halides is 1. The molecule has 4 nitrogen and oxygen atoms in total. The third-order valence-corrected chi connectivity index (χ3v) is 4.22. The van der Waals surface area contributed by atoms with Crippen molar-refractivity contribution in [3.63, 3.8) is 0 Å². The van der Waals surface area contributed by atoms with E-state index in [-0.39, 0.29) is 12.5 Å². The summed E-state index contributed by atoms with van der Waals surface area (Å²) in [6.45, 7) is -0.336. The molecule has 2 fully saturated rings. The number of amides is 1. The molecule has 0 atom stereocenters. The standard InChI is InChI=1S/C16H18FNO3/c1-18(9-14(19)20)15(21)12-5-4-11(16(17)6-7-16)8-13(12)10-2-3-10/h4-5,8,10H,2-3,6-7,9H2,1H3,(H,19,20). The largest absolute Gasteiger partial charge is 0.480 e. The second kappa shape index (κ2) is 4.83. The molecule has 1 aromatic carbocycles. The average molecular weight is 291 g/mol. The number of benzene rings is 1. The van der Waals surface area contributed by atoms with Crippen molar-refractivity contribution in [1.29, 1.82) is 0 Å². The summed E-state index contributed by atoms with van der Waals surface area (Å²) in [7, 11) is 1.47. The summed E-state index contributed by atoms with van der Waals surface area (Å²) in [5.74, 6) is -1.05. The SMILES string of the molecule is CN(CC(=O)O)C(=O)c1ccc(C2(F)CC2)cc1C1CC1. The number of carboxylic acids is 1. The molecule has 1 aromatic rings. The van der Waals surface area contributed by atoms with Gasteiger partial charge in [0.2, 0.25) is 0 Å². The van der Waals surface area contributed by atoms with Crippen LogP contribution in [0.5, 0.6) is 0 Å². The zero-order valence-electron chi connectivity index (χ0n) is 11.9. The van der Waals surface area contributed by atoms with E-state index in [0.29, 0.717) is 29.9 Å². The average Bonchev–Trinajstić information content (AvgIpc) is 3.32. The van der Waals surface area contributed by atoms with Crippen LogP contribution in [0.1, 0.15) is 53.1 Å². The lowest BCUT2D eigenvalue weighted by Gasteiger charge is -2.18. The van der Waals surface area contributed by atoms with Gasteiger partial charge in [0.05, 0.1) is 0 Å². The van der Waals surface area contributed by atoms with Crippen LogP contribution in [-0.4, -0.2) is 35.5 Å². The minimum Gasteiger partial charge on any atom is -0.480 e. The number of likely N-dealkylation sites (N-methyl/N-ethyl adjacent to an activating group) is 1. The number of hydrogen-bond donors (Lipinski definition) is 1. The fourth-order valence-corrected chi connectivity index (χ4v) is 2.65. The molecule has 2 saturated carbocycles. The Labute approximate surface area is 122 Å². The lowest BCUT2D eigenvalue weighted by Crippen LogP contribution is -2.32. The fraction of sp³-hybridized carbons (Fsp3) is 0.500. The summed E-state index contributed by atoms with van der Waals surface area (Å²) < 4.78 is 14.2. The highest BCUT2D eigenvalue weighted by Crippen LogP contribution is 2.51. The summed E-state index contributed by atoms with van der Waals surface area (Å²) >= 11 is 0. The Kier molecular flexibility index (Phi) is 3.23. The van der Waals surface area contributed by atoms with Crippen molar-refractivity contribution in [2.24, 2.45) is 0 Å². The predicted molar refractivity (Wildman–Crippen MR) is 75.0 cm³/mol. The molecule has 1 amide bonds. The molecule has 0 saturated heterocycles. The van der Waals surface area contributed by atoms with Crippen LogP contribution in [0.15, 0.2) is 18.2 Å². The molecule has 0 aliphatic heterocycles. The lowest BCUT2D eigenvalue weighted by molar-refractivity contribution is -0.137.